The highest BCUT2D eigenvalue weighted by Gasteiger charge is 2.25. The van der Waals surface area contributed by atoms with E-state index in [-0.39, 0.29) is 6.10 Å². The lowest BCUT2D eigenvalue weighted by molar-refractivity contribution is 0.0859. The lowest BCUT2D eigenvalue weighted by atomic mass is 10.00. The molecule has 114 valence electrons. The van der Waals surface area contributed by atoms with E-state index in [1.165, 1.54) is 5.56 Å². The zero-order valence-electron chi connectivity index (χ0n) is 12.1. The van der Waals surface area contributed by atoms with Crippen LogP contribution in [0.2, 0.25) is 10.0 Å². The van der Waals surface area contributed by atoms with Crippen molar-refractivity contribution in [1.82, 2.24) is 0 Å². The average Bonchev–Trinajstić information content (AvgIpc) is 2.96. The molecule has 2 aromatic carbocycles. The fourth-order valence-corrected chi connectivity index (χ4v) is 3.10. The number of oxime groups is 1. The Kier molecular flexibility index (Phi) is 4.55. The maximum absolute atomic E-state index is 6.22. The molecule has 1 atom stereocenters. The fraction of sp³-hybridized carbons (Fsp3) is 0.235. The molecule has 0 N–H and O–H groups in total. The van der Waals surface area contributed by atoms with Crippen molar-refractivity contribution in [2.75, 3.05) is 7.11 Å². The number of benzene rings is 2. The van der Waals surface area contributed by atoms with E-state index in [1.807, 2.05) is 42.5 Å². The molecule has 2 aromatic rings. The summed E-state index contributed by atoms with van der Waals surface area (Å²) in [5.74, 6) is 0.843. The molecular formula is C17H15Cl2NO2. The van der Waals surface area contributed by atoms with Gasteiger partial charge in [-0.15, -0.1) is 0 Å². The van der Waals surface area contributed by atoms with Crippen molar-refractivity contribution in [2.24, 2.45) is 5.16 Å². The van der Waals surface area contributed by atoms with Gasteiger partial charge >= 0.3 is 0 Å². The fourth-order valence-electron chi connectivity index (χ4n) is 2.48. The number of hydrogen-bond acceptors (Lipinski definition) is 3. The first-order valence-corrected chi connectivity index (χ1v) is 7.73. The highest BCUT2D eigenvalue weighted by molar-refractivity contribution is 6.40. The Morgan fingerprint density at radius 2 is 1.82 bits per heavy atom. The van der Waals surface area contributed by atoms with Crippen LogP contribution in [0, 0.1) is 0 Å². The second kappa shape index (κ2) is 6.59. The molecule has 0 saturated carbocycles. The van der Waals surface area contributed by atoms with E-state index < -0.39 is 0 Å². The minimum atomic E-state index is -0.00395. The summed E-state index contributed by atoms with van der Waals surface area (Å²) in [4.78, 5) is 5.53. The summed E-state index contributed by atoms with van der Waals surface area (Å²) in [5.41, 5.74) is 2.74. The molecule has 0 saturated heterocycles. The predicted molar refractivity (Wildman–Crippen MR) is 89.2 cm³/mol. The number of halogens is 2. The molecule has 1 heterocycles. The van der Waals surface area contributed by atoms with Crippen LogP contribution >= 0.6 is 23.2 Å². The van der Waals surface area contributed by atoms with Gasteiger partial charge in [-0.25, -0.2) is 0 Å². The third-order valence-electron chi connectivity index (χ3n) is 3.61. The molecule has 0 radical (unpaired) electrons. The Morgan fingerprint density at radius 3 is 2.45 bits per heavy atom. The zero-order valence-corrected chi connectivity index (χ0v) is 13.6. The van der Waals surface area contributed by atoms with Crippen molar-refractivity contribution >= 4 is 28.9 Å². The standard InChI is InChI=1S/C17H15Cl2NO2/c1-21-12-7-5-11(6-8-12)9-13-10-16(20-22-13)17-14(18)3-2-4-15(17)19/h2-8,13H,9-10H2,1H3/t13-/m0/s1. The van der Waals surface area contributed by atoms with Crippen molar-refractivity contribution in [1.29, 1.82) is 0 Å². The topological polar surface area (TPSA) is 30.8 Å². The summed E-state index contributed by atoms with van der Waals surface area (Å²) >= 11 is 12.4. The third-order valence-corrected chi connectivity index (χ3v) is 4.24. The highest BCUT2D eigenvalue weighted by atomic mass is 35.5. The van der Waals surface area contributed by atoms with Gasteiger partial charge in [-0.1, -0.05) is 46.6 Å². The summed E-state index contributed by atoms with van der Waals surface area (Å²) in [7, 11) is 1.66. The van der Waals surface area contributed by atoms with Crippen molar-refractivity contribution in [3.8, 4) is 5.75 Å². The largest absolute Gasteiger partial charge is 0.497 e. The van der Waals surface area contributed by atoms with Crippen LogP contribution in [0.1, 0.15) is 17.5 Å². The normalized spacial score (nSPS) is 17.0. The summed E-state index contributed by atoms with van der Waals surface area (Å²) in [6.07, 6.45) is 1.46. The number of rotatable bonds is 4. The Labute approximate surface area is 139 Å². The van der Waals surface area contributed by atoms with Gasteiger partial charge in [0.1, 0.15) is 11.9 Å². The average molecular weight is 336 g/mol. The first kappa shape index (κ1) is 15.2. The lowest BCUT2D eigenvalue weighted by Gasteiger charge is -2.09. The van der Waals surface area contributed by atoms with Crippen LogP contribution in [-0.2, 0) is 11.3 Å². The smallest absolute Gasteiger partial charge is 0.137 e. The van der Waals surface area contributed by atoms with Crippen molar-refractivity contribution in [2.45, 2.75) is 18.9 Å². The Balaban J connectivity index is 1.69. The van der Waals surface area contributed by atoms with Gasteiger partial charge in [0.2, 0.25) is 0 Å². The maximum atomic E-state index is 6.22. The summed E-state index contributed by atoms with van der Waals surface area (Å²) in [6.45, 7) is 0. The highest BCUT2D eigenvalue weighted by Crippen LogP contribution is 2.30. The van der Waals surface area contributed by atoms with Gasteiger partial charge < -0.3 is 9.57 Å². The zero-order chi connectivity index (χ0) is 15.5. The van der Waals surface area contributed by atoms with Crippen LogP contribution in [0.5, 0.6) is 5.75 Å². The van der Waals surface area contributed by atoms with E-state index in [1.54, 1.807) is 7.11 Å². The monoisotopic (exact) mass is 335 g/mol. The lowest BCUT2D eigenvalue weighted by Crippen LogP contribution is -2.12. The third kappa shape index (κ3) is 3.21. The van der Waals surface area contributed by atoms with Crippen molar-refractivity contribution in [3.63, 3.8) is 0 Å². The number of hydrogen-bond donors (Lipinski definition) is 0. The number of ether oxygens (including phenoxy) is 1. The number of nitrogens with zero attached hydrogens (tertiary/aromatic N) is 1. The Morgan fingerprint density at radius 1 is 1.14 bits per heavy atom. The molecule has 0 amide bonds. The molecule has 0 aromatic heterocycles. The number of methoxy groups -OCH3 is 1. The first-order valence-electron chi connectivity index (χ1n) is 6.97. The van der Waals surface area contributed by atoms with Gasteiger partial charge in [-0.3, -0.25) is 0 Å². The Hall–Kier alpha value is -1.71. The van der Waals surface area contributed by atoms with E-state index >= 15 is 0 Å². The van der Waals surface area contributed by atoms with Gasteiger partial charge in [0.05, 0.1) is 22.9 Å². The molecule has 3 rings (SSSR count). The van der Waals surface area contributed by atoms with Gasteiger partial charge in [0.25, 0.3) is 0 Å². The van der Waals surface area contributed by atoms with E-state index in [0.29, 0.717) is 16.5 Å². The van der Waals surface area contributed by atoms with Gasteiger partial charge in [-0.05, 0) is 29.8 Å². The minimum Gasteiger partial charge on any atom is -0.497 e. The van der Waals surface area contributed by atoms with Crippen molar-refractivity contribution in [3.05, 3.63) is 63.6 Å². The predicted octanol–water partition coefficient (Wildman–Crippen LogP) is 4.74. The SMILES string of the molecule is COc1ccc(C[C@H]2CC(c3c(Cl)cccc3Cl)=NO2)cc1. The van der Waals surface area contributed by atoms with Crippen LogP contribution in [0.25, 0.3) is 0 Å². The molecule has 0 aliphatic carbocycles. The Bertz CT molecular complexity index is 678. The molecule has 1 aliphatic rings. The molecule has 0 spiro atoms. The molecule has 0 unspecified atom stereocenters. The van der Waals surface area contributed by atoms with E-state index in [0.717, 1.165) is 23.4 Å². The van der Waals surface area contributed by atoms with Crippen LogP contribution in [-0.4, -0.2) is 18.9 Å². The quantitative estimate of drug-likeness (QED) is 0.808. The van der Waals surface area contributed by atoms with E-state index in [2.05, 4.69) is 5.16 Å². The van der Waals surface area contributed by atoms with Gasteiger partial charge in [0, 0.05) is 18.4 Å². The summed E-state index contributed by atoms with van der Waals surface area (Å²) < 4.78 is 5.16. The molecule has 3 nitrogen and oxygen atoms in total. The van der Waals surface area contributed by atoms with Crippen molar-refractivity contribution < 1.29 is 9.57 Å². The second-order valence-corrected chi connectivity index (χ2v) is 5.93. The molecule has 5 heteroatoms. The van der Waals surface area contributed by atoms with Crippen LogP contribution in [0.3, 0.4) is 0 Å². The van der Waals surface area contributed by atoms with Crippen LogP contribution in [0.4, 0.5) is 0 Å². The maximum Gasteiger partial charge on any atom is 0.137 e. The molecular weight excluding hydrogens is 321 g/mol. The molecule has 0 fully saturated rings. The molecule has 1 aliphatic heterocycles. The second-order valence-electron chi connectivity index (χ2n) is 5.12. The molecule has 0 bridgehead atoms. The van der Waals surface area contributed by atoms with Gasteiger partial charge in [0.15, 0.2) is 0 Å². The molecule has 22 heavy (non-hydrogen) atoms. The summed E-state index contributed by atoms with van der Waals surface area (Å²) in [6, 6.07) is 13.4. The van der Waals surface area contributed by atoms with Gasteiger partial charge in [-0.2, -0.15) is 0 Å². The minimum absolute atomic E-state index is 0.00395. The first-order chi connectivity index (χ1) is 10.7. The van der Waals surface area contributed by atoms with Crippen LogP contribution < -0.4 is 4.74 Å². The van der Waals surface area contributed by atoms with E-state index in [4.69, 9.17) is 32.8 Å². The van der Waals surface area contributed by atoms with Crippen LogP contribution in [0.15, 0.2) is 47.6 Å². The van der Waals surface area contributed by atoms with E-state index in [9.17, 15) is 0 Å². The summed E-state index contributed by atoms with van der Waals surface area (Å²) in [5, 5.41) is 5.36.